The summed E-state index contributed by atoms with van der Waals surface area (Å²) in [5, 5.41) is 72.3. The molecular weight excluding hydrogens is 813 g/mol. The van der Waals surface area contributed by atoms with Crippen LogP contribution in [0.25, 0.3) is 0 Å². The summed E-state index contributed by atoms with van der Waals surface area (Å²) in [6.45, 7) is 16.9. The van der Waals surface area contributed by atoms with Crippen LogP contribution in [0.5, 0.6) is 0 Å². The van der Waals surface area contributed by atoms with Gasteiger partial charge in [0.1, 0.15) is 17.8 Å². The number of rotatable bonds is 10. The van der Waals surface area contributed by atoms with E-state index in [-0.39, 0.29) is 68.1 Å². The highest BCUT2D eigenvalue weighted by Crippen LogP contribution is 2.68. The molecule has 0 aromatic rings. The Morgan fingerprint density at radius 3 is 2.30 bits per heavy atom. The van der Waals surface area contributed by atoms with Gasteiger partial charge in [0.2, 0.25) is 5.60 Å². The molecule has 0 spiro atoms. The molecule has 4 fully saturated rings. The number of carbonyl (C=O) groups is 4. The predicted octanol–water partition coefficient (Wildman–Crippen LogP) is 3.00. The van der Waals surface area contributed by atoms with Gasteiger partial charge in [-0.2, -0.15) is 0 Å². The molecule has 4 unspecified atom stereocenters. The monoisotopic (exact) mass is 891 g/mol. The summed E-state index contributed by atoms with van der Waals surface area (Å²) >= 11 is 0. The summed E-state index contributed by atoms with van der Waals surface area (Å²) in [5.41, 5.74) is -5.38. The number of fused-ring (bicyclic) bond motifs is 5. The van der Waals surface area contributed by atoms with E-state index in [2.05, 4.69) is 12.2 Å². The van der Waals surface area contributed by atoms with E-state index in [1.54, 1.807) is 32.9 Å². The van der Waals surface area contributed by atoms with E-state index in [0.29, 0.717) is 38.9 Å². The van der Waals surface area contributed by atoms with Gasteiger partial charge in [-0.1, -0.05) is 46.3 Å². The van der Waals surface area contributed by atoms with Crippen LogP contribution in [0.2, 0.25) is 0 Å². The van der Waals surface area contributed by atoms with E-state index >= 15 is 0 Å². The van der Waals surface area contributed by atoms with Crippen LogP contribution in [0.4, 0.5) is 0 Å². The van der Waals surface area contributed by atoms with Gasteiger partial charge < -0.3 is 50.2 Å². The molecule has 358 valence electrons. The molecule has 1 saturated heterocycles. The lowest BCUT2D eigenvalue weighted by atomic mass is 9.46. The average Bonchev–Trinajstić information content (AvgIpc) is 3.51. The lowest BCUT2D eigenvalue weighted by molar-refractivity contribution is -0.211. The normalized spacial score (nSPS) is 45.1. The highest BCUT2D eigenvalue weighted by atomic mass is 16.6. The number of esters is 3. The first-order valence-electron chi connectivity index (χ1n) is 23.4. The number of aliphatic hydroxyl groups excluding tert-OH is 4. The number of carbonyl (C=O) groups excluding carboxylic acids is 4. The van der Waals surface area contributed by atoms with Gasteiger partial charge in [-0.15, -0.1) is 0 Å². The minimum atomic E-state index is -1.87. The Balaban J connectivity index is 1.23. The van der Waals surface area contributed by atoms with Crippen molar-refractivity contribution in [1.82, 2.24) is 10.2 Å². The van der Waals surface area contributed by atoms with Crippen molar-refractivity contribution in [2.24, 2.45) is 46.3 Å². The van der Waals surface area contributed by atoms with Crippen LogP contribution >= 0.6 is 0 Å². The lowest BCUT2D eigenvalue weighted by Gasteiger charge is -2.59. The van der Waals surface area contributed by atoms with Gasteiger partial charge in [0.05, 0.1) is 43.4 Å². The maximum atomic E-state index is 13.8. The van der Waals surface area contributed by atoms with Crippen LogP contribution in [0.15, 0.2) is 23.8 Å². The van der Waals surface area contributed by atoms with Crippen molar-refractivity contribution in [2.45, 2.75) is 173 Å². The van der Waals surface area contributed by atoms with Crippen molar-refractivity contribution in [3.63, 3.8) is 0 Å². The molecule has 1 heterocycles. The van der Waals surface area contributed by atoms with Crippen LogP contribution in [0.3, 0.4) is 0 Å². The third-order valence-corrected chi connectivity index (χ3v) is 16.5. The molecular formula is C48H78N2O13. The second kappa shape index (κ2) is 19.6. The first-order chi connectivity index (χ1) is 29.3. The number of nitrogens with one attached hydrogen (secondary N) is 1. The van der Waals surface area contributed by atoms with E-state index in [0.717, 1.165) is 12.0 Å². The Morgan fingerprint density at radius 2 is 1.65 bits per heavy atom. The summed E-state index contributed by atoms with van der Waals surface area (Å²) in [6, 6.07) is -0.648. The van der Waals surface area contributed by atoms with Crippen molar-refractivity contribution in [3.05, 3.63) is 23.8 Å². The fraction of sp³-hybridized carbons (Fsp3) is 0.833. The van der Waals surface area contributed by atoms with Gasteiger partial charge in [0.15, 0.2) is 5.78 Å². The number of ketones is 1. The number of nitrogens with zero attached hydrogens (tertiary/aromatic N) is 1. The molecule has 15 nitrogen and oxygen atoms in total. The zero-order valence-electron chi connectivity index (χ0n) is 39.3. The Hall–Kier alpha value is -2.76. The molecule has 0 bridgehead atoms. The third-order valence-electron chi connectivity index (χ3n) is 16.5. The minimum absolute atomic E-state index is 0.0175. The first-order valence-corrected chi connectivity index (χ1v) is 23.4. The molecule has 63 heavy (non-hydrogen) atoms. The molecule has 0 aromatic heterocycles. The molecule has 5 rings (SSSR count). The number of aliphatic hydroxyl groups is 6. The first kappa shape index (κ1) is 51.2. The van der Waals surface area contributed by atoms with Crippen LogP contribution in [0, 0.1) is 46.3 Å². The second-order valence-electron chi connectivity index (χ2n) is 20.9. The van der Waals surface area contributed by atoms with Gasteiger partial charge in [-0.25, -0.2) is 4.79 Å². The van der Waals surface area contributed by atoms with Crippen LogP contribution in [-0.4, -0.2) is 146 Å². The largest absolute Gasteiger partial charge is 0.466 e. The molecule has 3 saturated carbocycles. The SMILES string of the molecule is CC[C@H]1OC(=O)[C@H](C)[C@@H](O)[C@H](C)[C@@H](O)[C@](C)(O)C[C@@H](C)CN(CCCNCCC(=O)O[C@]2(C(=O)OC)CCC3C4CCC5=CC(=O)C=C[C@]5(C)C4C(O)C[C@@]32C)[C@H](C)[C@@H](O)[C@]1(C)O. The molecule has 4 aliphatic carbocycles. The number of allylic oxidation sites excluding steroid dienone is 4. The fourth-order valence-electron chi connectivity index (χ4n) is 12.8. The van der Waals surface area contributed by atoms with Gasteiger partial charge in [0.25, 0.3) is 0 Å². The Bertz CT molecular complexity index is 1730. The van der Waals surface area contributed by atoms with E-state index in [9.17, 15) is 49.8 Å². The number of cyclic esters (lactones) is 1. The Morgan fingerprint density at radius 1 is 0.968 bits per heavy atom. The highest BCUT2D eigenvalue weighted by molar-refractivity contribution is 6.01. The van der Waals surface area contributed by atoms with E-state index in [4.69, 9.17) is 14.2 Å². The maximum absolute atomic E-state index is 13.8. The summed E-state index contributed by atoms with van der Waals surface area (Å²) in [6.07, 6.45) is 2.71. The predicted molar refractivity (Wildman–Crippen MR) is 234 cm³/mol. The van der Waals surface area contributed by atoms with Gasteiger partial charge in [-0.3, -0.25) is 19.3 Å². The quantitative estimate of drug-likeness (QED) is 0.0950. The molecule has 5 aliphatic rings. The summed E-state index contributed by atoms with van der Waals surface area (Å²) in [4.78, 5) is 54.9. The topological polar surface area (TPSA) is 233 Å². The molecule has 15 heteroatoms. The molecule has 17 atom stereocenters. The number of methoxy groups -OCH3 is 1. The molecule has 0 radical (unpaired) electrons. The second-order valence-corrected chi connectivity index (χ2v) is 20.9. The number of ether oxygens (including phenoxy) is 3. The maximum Gasteiger partial charge on any atom is 0.350 e. The van der Waals surface area contributed by atoms with Gasteiger partial charge in [0, 0.05) is 41.8 Å². The van der Waals surface area contributed by atoms with Crippen LogP contribution < -0.4 is 5.32 Å². The van der Waals surface area contributed by atoms with Crippen LogP contribution in [-0.2, 0) is 33.4 Å². The van der Waals surface area contributed by atoms with Gasteiger partial charge >= 0.3 is 17.9 Å². The smallest absolute Gasteiger partial charge is 0.350 e. The fourth-order valence-corrected chi connectivity index (χ4v) is 12.8. The van der Waals surface area contributed by atoms with Crippen molar-refractivity contribution in [3.8, 4) is 0 Å². The number of hydrogen-bond donors (Lipinski definition) is 7. The molecule has 0 aromatic carbocycles. The zero-order valence-corrected chi connectivity index (χ0v) is 39.3. The molecule has 1 aliphatic heterocycles. The lowest BCUT2D eigenvalue weighted by Crippen LogP contribution is -2.62. The average molecular weight is 891 g/mol. The summed E-state index contributed by atoms with van der Waals surface area (Å²) < 4.78 is 17.3. The van der Waals surface area contributed by atoms with E-state index in [1.807, 2.05) is 24.8 Å². The highest BCUT2D eigenvalue weighted by Gasteiger charge is 2.71. The summed E-state index contributed by atoms with van der Waals surface area (Å²) in [5.74, 6) is -4.32. The zero-order chi connectivity index (χ0) is 47.0. The van der Waals surface area contributed by atoms with Crippen molar-refractivity contribution in [2.75, 3.05) is 33.3 Å². The molecule has 7 N–H and O–H groups in total. The minimum Gasteiger partial charge on any atom is -0.466 e. The van der Waals surface area contributed by atoms with E-state index in [1.165, 1.54) is 27.9 Å². The van der Waals surface area contributed by atoms with Crippen molar-refractivity contribution < 1.29 is 64.0 Å². The molecule has 0 amide bonds. The van der Waals surface area contributed by atoms with Crippen molar-refractivity contribution in [1.29, 1.82) is 0 Å². The van der Waals surface area contributed by atoms with Gasteiger partial charge in [-0.05, 0) is 122 Å². The standard InChI is InChI=1S/C48H78N2O13/c1-11-36-47(9,60)41(56)30(5)50(26-27(2)24-46(8,59)40(55)28(3)39(54)29(4)42(57)62-36)22-12-20-49-21-17-37(53)63-48(43(58)61-10)19-16-34-33-14-13-31-23-32(51)15-18-44(31,6)38(33)35(52)25-45(34,48)7/h15,18,23,27-30,33-36,38-41,49,52,54-56,59-60H,11-14,16-17,19-22,24-26H2,1-10H3/t27-,28+,29-,30-,33?,34?,35?,36-,38?,39+,40-,41-,44+,45+,46-,47-,48+/m1/s1. The third kappa shape index (κ3) is 9.73. The van der Waals surface area contributed by atoms with Crippen molar-refractivity contribution >= 4 is 23.7 Å². The Labute approximate surface area is 374 Å². The Kier molecular flexibility index (Phi) is 15.9. The van der Waals surface area contributed by atoms with Crippen LogP contribution in [0.1, 0.15) is 120 Å². The number of hydrogen-bond acceptors (Lipinski definition) is 15. The summed E-state index contributed by atoms with van der Waals surface area (Å²) in [7, 11) is 1.29. The van der Waals surface area contributed by atoms with E-state index < -0.39 is 93.9 Å².